The molecule has 0 saturated heterocycles. The van der Waals surface area contributed by atoms with Crippen LogP contribution in [0.5, 0.6) is 11.5 Å². The molecule has 0 aliphatic carbocycles. The molecule has 122 valence electrons. The molecule has 3 N–H and O–H groups in total. The van der Waals surface area contributed by atoms with Crippen LogP contribution in [0.25, 0.3) is 0 Å². The number of carbonyl (C=O) groups is 1. The van der Waals surface area contributed by atoms with Crippen molar-refractivity contribution in [3.8, 4) is 11.5 Å². The van der Waals surface area contributed by atoms with Gasteiger partial charge in [0.1, 0.15) is 11.5 Å². The van der Waals surface area contributed by atoms with Gasteiger partial charge in [0.15, 0.2) is 0 Å². The first-order chi connectivity index (χ1) is 11.2. The summed E-state index contributed by atoms with van der Waals surface area (Å²) in [6.45, 7) is 0.314. The van der Waals surface area contributed by atoms with E-state index in [-0.39, 0.29) is 18.4 Å². The highest BCUT2D eigenvalue weighted by molar-refractivity contribution is 5.77. The molecule has 0 spiro atoms. The molecule has 0 radical (unpaired) electrons. The fraction of sp³-hybridized carbons (Fsp3) is 0.278. The molecule has 2 aromatic rings. The zero-order valence-electron chi connectivity index (χ0n) is 13.4. The number of carbonyl (C=O) groups excluding carboxylic acids is 1. The average Bonchev–Trinajstić information content (AvgIpc) is 2.60. The molecular formula is C18H22N2O3. The summed E-state index contributed by atoms with van der Waals surface area (Å²) in [6.07, 6.45) is 0.282. The Kier molecular flexibility index (Phi) is 6.00. The lowest BCUT2D eigenvalue weighted by Crippen LogP contribution is -2.30. The van der Waals surface area contributed by atoms with Crippen molar-refractivity contribution < 1.29 is 14.3 Å². The van der Waals surface area contributed by atoms with Gasteiger partial charge in [-0.05, 0) is 35.4 Å². The van der Waals surface area contributed by atoms with E-state index in [2.05, 4.69) is 5.32 Å². The molecule has 0 aromatic heterocycles. The monoisotopic (exact) mass is 314 g/mol. The number of hydrogen-bond donors (Lipinski definition) is 2. The molecule has 2 rings (SSSR count). The van der Waals surface area contributed by atoms with E-state index in [1.807, 2.05) is 48.5 Å². The summed E-state index contributed by atoms with van der Waals surface area (Å²) in [6, 6.07) is 15.0. The van der Waals surface area contributed by atoms with Crippen LogP contribution in [0.15, 0.2) is 48.5 Å². The molecule has 1 amide bonds. The van der Waals surface area contributed by atoms with E-state index >= 15 is 0 Å². The van der Waals surface area contributed by atoms with Gasteiger partial charge in [0.2, 0.25) is 5.91 Å². The highest BCUT2D eigenvalue weighted by Crippen LogP contribution is 2.27. The summed E-state index contributed by atoms with van der Waals surface area (Å²) >= 11 is 0. The van der Waals surface area contributed by atoms with Crippen LogP contribution in [0.2, 0.25) is 0 Å². The number of nitrogens with two attached hydrogens (primary N) is 1. The minimum absolute atomic E-state index is 0.0943. The first kappa shape index (κ1) is 16.8. The molecule has 5 nitrogen and oxygen atoms in total. The zero-order chi connectivity index (χ0) is 16.7. The van der Waals surface area contributed by atoms with Crippen LogP contribution in [-0.4, -0.2) is 26.7 Å². The molecule has 0 saturated carbocycles. The Bertz CT molecular complexity index is 611. The molecular weight excluding hydrogens is 292 g/mol. The fourth-order valence-corrected chi connectivity index (χ4v) is 2.37. The largest absolute Gasteiger partial charge is 0.497 e. The third-order valence-electron chi connectivity index (χ3n) is 3.53. The normalized spacial score (nSPS) is 10.4. The predicted molar refractivity (Wildman–Crippen MR) is 89.6 cm³/mol. The van der Waals surface area contributed by atoms with E-state index in [1.165, 1.54) is 0 Å². The van der Waals surface area contributed by atoms with Gasteiger partial charge < -0.3 is 20.5 Å². The molecule has 0 bridgehead atoms. The Morgan fingerprint density at radius 3 is 2.00 bits per heavy atom. The van der Waals surface area contributed by atoms with Gasteiger partial charge in [-0.3, -0.25) is 4.79 Å². The Hall–Kier alpha value is -2.53. The lowest BCUT2D eigenvalue weighted by atomic mass is 9.98. The van der Waals surface area contributed by atoms with E-state index in [1.54, 1.807) is 14.2 Å². The number of rotatable bonds is 7. The van der Waals surface area contributed by atoms with Gasteiger partial charge in [-0.15, -0.1) is 0 Å². The standard InChI is InChI=1S/C18H22N2O3/c1-22-15-7-3-5-13(11-15)18(20-17(21)9-10-19)14-6-4-8-16(12-14)23-2/h3-8,11-12,18H,9-10,19H2,1-2H3,(H,20,21). The van der Waals surface area contributed by atoms with Crippen LogP contribution < -0.4 is 20.5 Å². The Balaban J connectivity index is 2.39. The quantitative estimate of drug-likeness (QED) is 0.822. The van der Waals surface area contributed by atoms with Gasteiger partial charge >= 0.3 is 0 Å². The van der Waals surface area contributed by atoms with Crippen LogP contribution in [-0.2, 0) is 4.79 Å². The summed E-state index contributed by atoms with van der Waals surface area (Å²) in [4.78, 5) is 12.1. The molecule has 0 unspecified atom stereocenters. The smallest absolute Gasteiger partial charge is 0.222 e. The summed E-state index contributed by atoms with van der Waals surface area (Å²) in [5.74, 6) is 1.38. The van der Waals surface area contributed by atoms with Crippen LogP contribution in [0.1, 0.15) is 23.6 Å². The fourth-order valence-electron chi connectivity index (χ4n) is 2.37. The maximum Gasteiger partial charge on any atom is 0.222 e. The highest BCUT2D eigenvalue weighted by atomic mass is 16.5. The van der Waals surface area contributed by atoms with Crippen molar-refractivity contribution >= 4 is 5.91 Å². The van der Waals surface area contributed by atoms with Crippen LogP contribution in [0.4, 0.5) is 0 Å². The Labute approximate surface area is 136 Å². The summed E-state index contributed by atoms with van der Waals surface area (Å²) < 4.78 is 10.6. The Morgan fingerprint density at radius 1 is 1.04 bits per heavy atom. The van der Waals surface area contributed by atoms with Crippen molar-refractivity contribution in [3.63, 3.8) is 0 Å². The van der Waals surface area contributed by atoms with Gasteiger partial charge in [-0.25, -0.2) is 0 Å². The number of amides is 1. The van der Waals surface area contributed by atoms with E-state index in [0.717, 1.165) is 22.6 Å². The number of ether oxygens (including phenoxy) is 2. The third kappa shape index (κ3) is 4.47. The van der Waals surface area contributed by atoms with E-state index in [9.17, 15) is 4.79 Å². The third-order valence-corrected chi connectivity index (χ3v) is 3.53. The molecule has 0 heterocycles. The van der Waals surface area contributed by atoms with Gasteiger partial charge in [0.25, 0.3) is 0 Å². The molecule has 0 aliphatic heterocycles. The van der Waals surface area contributed by atoms with E-state index in [4.69, 9.17) is 15.2 Å². The van der Waals surface area contributed by atoms with Crippen LogP contribution >= 0.6 is 0 Å². The maximum absolute atomic E-state index is 12.1. The van der Waals surface area contributed by atoms with E-state index < -0.39 is 0 Å². The SMILES string of the molecule is COc1cccc(C(NC(=O)CCN)c2cccc(OC)c2)c1. The minimum Gasteiger partial charge on any atom is -0.497 e. The van der Waals surface area contributed by atoms with Crippen LogP contribution in [0, 0.1) is 0 Å². The van der Waals surface area contributed by atoms with Crippen molar-refractivity contribution in [1.82, 2.24) is 5.32 Å². The van der Waals surface area contributed by atoms with Crippen molar-refractivity contribution in [3.05, 3.63) is 59.7 Å². The second kappa shape index (κ2) is 8.19. The van der Waals surface area contributed by atoms with Gasteiger partial charge in [0.05, 0.1) is 20.3 Å². The minimum atomic E-state index is -0.292. The topological polar surface area (TPSA) is 73.6 Å². The lowest BCUT2D eigenvalue weighted by Gasteiger charge is -2.21. The number of hydrogen-bond acceptors (Lipinski definition) is 4. The second-order valence-corrected chi connectivity index (χ2v) is 5.09. The molecule has 23 heavy (non-hydrogen) atoms. The molecule has 5 heteroatoms. The van der Waals surface area contributed by atoms with E-state index in [0.29, 0.717) is 6.54 Å². The van der Waals surface area contributed by atoms with Gasteiger partial charge in [-0.2, -0.15) is 0 Å². The molecule has 0 aliphatic rings. The molecule has 0 fully saturated rings. The van der Waals surface area contributed by atoms with Gasteiger partial charge in [-0.1, -0.05) is 24.3 Å². The highest BCUT2D eigenvalue weighted by Gasteiger charge is 2.17. The van der Waals surface area contributed by atoms with Gasteiger partial charge in [0, 0.05) is 13.0 Å². The average molecular weight is 314 g/mol. The van der Waals surface area contributed by atoms with Crippen molar-refractivity contribution in [2.24, 2.45) is 5.73 Å². The summed E-state index contributed by atoms with van der Waals surface area (Å²) in [5.41, 5.74) is 7.34. The number of benzene rings is 2. The number of methoxy groups -OCH3 is 2. The van der Waals surface area contributed by atoms with Crippen molar-refractivity contribution in [2.75, 3.05) is 20.8 Å². The van der Waals surface area contributed by atoms with Crippen molar-refractivity contribution in [1.29, 1.82) is 0 Å². The first-order valence-corrected chi connectivity index (χ1v) is 7.45. The summed E-state index contributed by atoms with van der Waals surface area (Å²) in [5, 5.41) is 3.02. The second-order valence-electron chi connectivity index (χ2n) is 5.09. The molecule has 2 aromatic carbocycles. The predicted octanol–water partition coefficient (Wildman–Crippen LogP) is 2.26. The first-order valence-electron chi connectivity index (χ1n) is 7.45. The molecule has 0 atom stereocenters. The lowest BCUT2D eigenvalue weighted by molar-refractivity contribution is -0.121. The van der Waals surface area contributed by atoms with Crippen LogP contribution in [0.3, 0.4) is 0 Å². The number of nitrogens with one attached hydrogen (secondary N) is 1. The summed E-state index contributed by atoms with van der Waals surface area (Å²) in [7, 11) is 3.24. The maximum atomic E-state index is 12.1. The Morgan fingerprint density at radius 2 is 1.57 bits per heavy atom. The zero-order valence-corrected chi connectivity index (χ0v) is 13.4. The van der Waals surface area contributed by atoms with Crippen molar-refractivity contribution in [2.45, 2.75) is 12.5 Å².